The third-order valence-corrected chi connectivity index (χ3v) is 3.49. The molecule has 2 aromatic rings. The second-order valence-electron chi connectivity index (χ2n) is 5.57. The molecular weight excluding hydrogens is 296 g/mol. The van der Waals surface area contributed by atoms with E-state index < -0.39 is 17.9 Å². The first-order chi connectivity index (χ1) is 10.9. The summed E-state index contributed by atoms with van der Waals surface area (Å²) >= 11 is 0. The first-order valence-corrected chi connectivity index (χ1v) is 7.47. The van der Waals surface area contributed by atoms with Crippen LogP contribution in [0.15, 0.2) is 24.3 Å². The average molecular weight is 316 g/mol. The SMILES string of the molecule is CCc1nc(-c2ccc(C(=O)N[C@@H](C(=O)O)C(C)C)cc2)n[nH]1. The Balaban J connectivity index is 2.12. The van der Waals surface area contributed by atoms with Gasteiger partial charge in [0.05, 0.1) is 0 Å². The second kappa shape index (κ2) is 7.04. The summed E-state index contributed by atoms with van der Waals surface area (Å²) < 4.78 is 0. The van der Waals surface area contributed by atoms with E-state index in [2.05, 4.69) is 20.5 Å². The van der Waals surface area contributed by atoms with Crippen LogP contribution in [0.1, 0.15) is 37.0 Å². The Morgan fingerprint density at radius 3 is 2.39 bits per heavy atom. The molecule has 0 fully saturated rings. The van der Waals surface area contributed by atoms with Gasteiger partial charge in [0.25, 0.3) is 5.91 Å². The number of hydrogen-bond donors (Lipinski definition) is 3. The van der Waals surface area contributed by atoms with Crippen molar-refractivity contribution in [1.29, 1.82) is 0 Å². The van der Waals surface area contributed by atoms with Crippen LogP contribution >= 0.6 is 0 Å². The number of carboxylic acid groups (broad SMARTS) is 1. The molecule has 122 valence electrons. The molecule has 0 aliphatic rings. The Morgan fingerprint density at radius 2 is 1.91 bits per heavy atom. The van der Waals surface area contributed by atoms with E-state index in [0.717, 1.165) is 17.8 Å². The number of nitrogens with one attached hydrogen (secondary N) is 2. The quantitative estimate of drug-likeness (QED) is 0.754. The van der Waals surface area contributed by atoms with Crippen LogP contribution in [0, 0.1) is 5.92 Å². The summed E-state index contributed by atoms with van der Waals surface area (Å²) in [5, 5.41) is 18.6. The van der Waals surface area contributed by atoms with Gasteiger partial charge in [0.2, 0.25) is 0 Å². The van der Waals surface area contributed by atoms with Gasteiger partial charge >= 0.3 is 5.97 Å². The highest BCUT2D eigenvalue weighted by Gasteiger charge is 2.23. The Hall–Kier alpha value is -2.70. The lowest BCUT2D eigenvalue weighted by Gasteiger charge is -2.17. The maximum absolute atomic E-state index is 12.2. The van der Waals surface area contributed by atoms with Crippen LogP contribution in [0.3, 0.4) is 0 Å². The summed E-state index contributed by atoms with van der Waals surface area (Å²) in [7, 11) is 0. The zero-order valence-corrected chi connectivity index (χ0v) is 13.3. The van der Waals surface area contributed by atoms with Gasteiger partial charge < -0.3 is 10.4 Å². The van der Waals surface area contributed by atoms with E-state index in [-0.39, 0.29) is 5.92 Å². The molecule has 0 spiro atoms. The molecule has 3 N–H and O–H groups in total. The molecule has 1 amide bonds. The summed E-state index contributed by atoms with van der Waals surface area (Å²) in [6.45, 7) is 5.47. The number of hydrogen-bond acceptors (Lipinski definition) is 4. The van der Waals surface area contributed by atoms with Crippen LogP contribution in [0.4, 0.5) is 0 Å². The van der Waals surface area contributed by atoms with E-state index in [0.29, 0.717) is 11.4 Å². The predicted octanol–water partition coefficient (Wildman–Crippen LogP) is 1.87. The third kappa shape index (κ3) is 3.94. The third-order valence-electron chi connectivity index (χ3n) is 3.49. The van der Waals surface area contributed by atoms with Gasteiger partial charge in [0.1, 0.15) is 11.9 Å². The zero-order chi connectivity index (χ0) is 17.0. The molecule has 7 heteroatoms. The highest BCUT2D eigenvalue weighted by Crippen LogP contribution is 2.16. The molecule has 23 heavy (non-hydrogen) atoms. The number of carbonyl (C=O) groups is 2. The monoisotopic (exact) mass is 316 g/mol. The molecule has 2 rings (SSSR count). The highest BCUT2D eigenvalue weighted by atomic mass is 16.4. The molecule has 0 saturated carbocycles. The zero-order valence-electron chi connectivity index (χ0n) is 13.3. The number of benzene rings is 1. The van der Waals surface area contributed by atoms with E-state index in [1.54, 1.807) is 38.1 Å². The fourth-order valence-corrected chi connectivity index (χ4v) is 2.09. The lowest BCUT2D eigenvalue weighted by molar-refractivity contribution is -0.140. The average Bonchev–Trinajstić information content (AvgIpc) is 3.01. The van der Waals surface area contributed by atoms with Crippen LogP contribution in [0.5, 0.6) is 0 Å². The van der Waals surface area contributed by atoms with Crippen LogP contribution in [-0.2, 0) is 11.2 Å². The van der Waals surface area contributed by atoms with Crippen LogP contribution < -0.4 is 5.32 Å². The van der Waals surface area contributed by atoms with Crippen molar-refractivity contribution < 1.29 is 14.7 Å². The lowest BCUT2D eigenvalue weighted by atomic mass is 10.0. The fraction of sp³-hybridized carbons (Fsp3) is 0.375. The number of aromatic amines is 1. The van der Waals surface area contributed by atoms with E-state index in [1.165, 1.54) is 0 Å². The molecular formula is C16H20N4O3. The van der Waals surface area contributed by atoms with E-state index in [1.807, 2.05) is 6.92 Å². The number of H-pyrrole nitrogens is 1. The maximum Gasteiger partial charge on any atom is 0.326 e. The number of amides is 1. The molecule has 0 unspecified atom stereocenters. The van der Waals surface area contributed by atoms with Gasteiger partial charge in [-0.05, 0) is 18.1 Å². The van der Waals surface area contributed by atoms with Crippen LogP contribution in [0.25, 0.3) is 11.4 Å². The Morgan fingerprint density at radius 1 is 1.26 bits per heavy atom. The van der Waals surface area contributed by atoms with Crippen molar-refractivity contribution in [2.45, 2.75) is 33.2 Å². The van der Waals surface area contributed by atoms with Crippen molar-refractivity contribution in [3.63, 3.8) is 0 Å². The van der Waals surface area contributed by atoms with Crippen molar-refractivity contribution >= 4 is 11.9 Å². The van der Waals surface area contributed by atoms with E-state index in [9.17, 15) is 9.59 Å². The fourth-order valence-electron chi connectivity index (χ4n) is 2.09. The molecule has 0 radical (unpaired) electrons. The molecule has 7 nitrogen and oxygen atoms in total. The normalized spacial score (nSPS) is 12.2. The second-order valence-corrected chi connectivity index (χ2v) is 5.57. The molecule has 0 aliphatic carbocycles. The Labute approximate surface area is 134 Å². The van der Waals surface area contributed by atoms with Gasteiger partial charge in [-0.3, -0.25) is 9.89 Å². The smallest absolute Gasteiger partial charge is 0.326 e. The molecule has 1 aromatic carbocycles. The minimum Gasteiger partial charge on any atom is -0.480 e. The van der Waals surface area contributed by atoms with Gasteiger partial charge in [-0.2, -0.15) is 5.10 Å². The minimum absolute atomic E-state index is 0.198. The van der Waals surface area contributed by atoms with Crippen molar-refractivity contribution in [3.05, 3.63) is 35.7 Å². The largest absolute Gasteiger partial charge is 0.480 e. The number of aryl methyl sites for hydroxylation is 1. The number of nitrogens with zero attached hydrogens (tertiary/aromatic N) is 2. The molecule has 1 atom stereocenters. The number of aromatic nitrogens is 3. The summed E-state index contributed by atoms with van der Waals surface area (Å²) in [6.07, 6.45) is 0.763. The molecule has 1 aromatic heterocycles. The van der Waals surface area contributed by atoms with Gasteiger partial charge in [-0.25, -0.2) is 9.78 Å². The van der Waals surface area contributed by atoms with Gasteiger partial charge in [-0.15, -0.1) is 0 Å². The first kappa shape index (κ1) is 16.7. The molecule has 0 saturated heterocycles. The molecule has 1 heterocycles. The van der Waals surface area contributed by atoms with E-state index >= 15 is 0 Å². The van der Waals surface area contributed by atoms with Crippen LogP contribution in [0.2, 0.25) is 0 Å². The predicted molar refractivity (Wildman–Crippen MR) is 84.9 cm³/mol. The number of aliphatic carboxylic acids is 1. The van der Waals surface area contributed by atoms with E-state index in [4.69, 9.17) is 5.11 Å². The standard InChI is InChI=1S/C16H20N4O3/c1-4-12-17-14(20-19-12)10-5-7-11(8-6-10)15(21)18-13(9(2)3)16(22)23/h5-9,13H,4H2,1-3H3,(H,18,21)(H,22,23)(H,17,19,20)/t13-/m1/s1. The van der Waals surface area contributed by atoms with Crippen LogP contribution in [-0.4, -0.2) is 38.2 Å². The Kier molecular flexibility index (Phi) is 5.10. The summed E-state index contributed by atoms with van der Waals surface area (Å²) in [5.74, 6) is -0.293. The summed E-state index contributed by atoms with van der Waals surface area (Å²) in [4.78, 5) is 27.6. The number of carboxylic acids is 1. The topological polar surface area (TPSA) is 108 Å². The van der Waals surface area contributed by atoms with Gasteiger partial charge in [0.15, 0.2) is 5.82 Å². The van der Waals surface area contributed by atoms with Crippen molar-refractivity contribution in [3.8, 4) is 11.4 Å². The first-order valence-electron chi connectivity index (χ1n) is 7.47. The van der Waals surface area contributed by atoms with Gasteiger partial charge in [0, 0.05) is 17.5 Å². The minimum atomic E-state index is -1.04. The summed E-state index contributed by atoms with van der Waals surface area (Å²) in [5.41, 5.74) is 1.18. The van der Waals surface area contributed by atoms with Gasteiger partial charge in [-0.1, -0.05) is 32.9 Å². The number of rotatable bonds is 6. The van der Waals surface area contributed by atoms with Crippen molar-refractivity contribution in [1.82, 2.24) is 20.5 Å². The highest BCUT2D eigenvalue weighted by molar-refractivity contribution is 5.96. The lowest BCUT2D eigenvalue weighted by Crippen LogP contribution is -2.44. The molecule has 0 bridgehead atoms. The van der Waals surface area contributed by atoms with Crippen molar-refractivity contribution in [2.75, 3.05) is 0 Å². The number of carbonyl (C=O) groups excluding carboxylic acids is 1. The summed E-state index contributed by atoms with van der Waals surface area (Å²) in [6, 6.07) is 5.82. The Bertz CT molecular complexity index is 692. The maximum atomic E-state index is 12.2. The van der Waals surface area contributed by atoms with Crippen molar-refractivity contribution in [2.24, 2.45) is 5.92 Å². The molecule has 0 aliphatic heterocycles.